The Kier molecular flexibility index (Phi) is 5.38. The largest absolute Gasteiger partial charge is 0.325 e. The highest BCUT2D eigenvalue weighted by Crippen LogP contribution is 2.22. The Morgan fingerprint density at radius 2 is 1.71 bits per heavy atom. The standard InChI is InChI=1S/C21H23N3O3S/c1-14-8-9-15(2)18(12-14)24-11-10-22-21(24)28(26,27)13-19(25)23-20-16(3)6-5-7-17(20)4/h5-12H,13H2,1-4H3,(H,23,25). The second-order valence-corrected chi connectivity index (χ2v) is 8.83. The number of sulfone groups is 1. The molecule has 0 saturated carbocycles. The van der Waals surface area contributed by atoms with Crippen molar-refractivity contribution in [2.45, 2.75) is 32.9 Å². The van der Waals surface area contributed by atoms with Gasteiger partial charge in [0.2, 0.25) is 20.9 Å². The van der Waals surface area contributed by atoms with E-state index in [9.17, 15) is 13.2 Å². The van der Waals surface area contributed by atoms with Crippen molar-refractivity contribution in [3.63, 3.8) is 0 Å². The summed E-state index contributed by atoms with van der Waals surface area (Å²) in [6.07, 6.45) is 3.02. The zero-order valence-electron chi connectivity index (χ0n) is 16.4. The number of nitrogens with zero attached hydrogens (tertiary/aromatic N) is 2. The summed E-state index contributed by atoms with van der Waals surface area (Å²) in [5.41, 5.74) is 5.04. The van der Waals surface area contributed by atoms with Gasteiger partial charge in [0.15, 0.2) is 0 Å². The minimum atomic E-state index is -3.93. The average molecular weight is 398 g/mol. The molecule has 0 aliphatic rings. The van der Waals surface area contributed by atoms with Crippen molar-refractivity contribution in [1.29, 1.82) is 0 Å². The molecule has 0 aliphatic carbocycles. The average Bonchev–Trinajstić information content (AvgIpc) is 3.10. The summed E-state index contributed by atoms with van der Waals surface area (Å²) in [5, 5.41) is 2.58. The van der Waals surface area contributed by atoms with E-state index in [1.165, 1.54) is 10.8 Å². The van der Waals surface area contributed by atoms with Crippen LogP contribution in [0.5, 0.6) is 0 Å². The van der Waals surface area contributed by atoms with E-state index in [0.717, 1.165) is 27.9 Å². The Morgan fingerprint density at radius 3 is 2.39 bits per heavy atom. The lowest BCUT2D eigenvalue weighted by Crippen LogP contribution is -2.25. The van der Waals surface area contributed by atoms with Crippen molar-refractivity contribution in [3.8, 4) is 5.69 Å². The fourth-order valence-electron chi connectivity index (χ4n) is 3.11. The van der Waals surface area contributed by atoms with Gasteiger partial charge < -0.3 is 5.32 Å². The molecule has 3 rings (SSSR count). The molecule has 0 aliphatic heterocycles. The third-order valence-electron chi connectivity index (χ3n) is 4.58. The summed E-state index contributed by atoms with van der Waals surface area (Å²) in [4.78, 5) is 16.5. The van der Waals surface area contributed by atoms with E-state index in [1.54, 1.807) is 6.20 Å². The van der Waals surface area contributed by atoms with Gasteiger partial charge in [-0.15, -0.1) is 0 Å². The lowest BCUT2D eigenvalue weighted by atomic mass is 10.1. The molecule has 1 N–H and O–H groups in total. The molecule has 7 heteroatoms. The maximum absolute atomic E-state index is 12.9. The van der Waals surface area contributed by atoms with Crippen LogP contribution < -0.4 is 5.32 Å². The van der Waals surface area contributed by atoms with E-state index in [-0.39, 0.29) is 5.16 Å². The number of anilines is 1. The smallest absolute Gasteiger partial charge is 0.240 e. The molecular formula is C21H23N3O3S. The van der Waals surface area contributed by atoms with Gasteiger partial charge in [0, 0.05) is 18.1 Å². The quantitative estimate of drug-likeness (QED) is 0.714. The summed E-state index contributed by atoms with van der Waals surface area (Å²) >= 11 is 0. The predicted molar refractivity (Wildman–Crippen MR) is 110 cm³/mol. The number of amides is 1. The van der Waals surface area contributed by atoms with E-state index in [2.05, 4.69) is 10.3 Å². The van der Waals surface area contributed by atoms with Crippen molar-refractivity contribution in [3.05, 3.63) is 71.0 Å². The van der Waals surface area contributed by atoms with Crippen LogP contribution in [0.25, 0.3) is 5.69 Å². The lowest BCUT2D eigenvalue weighted by Gasteiger charge is -2.13. The minimum absolute atomic E-state index is 0.141. The number of benzene rings is 2. The van der Waals surface area contributed by atoms with Gasteiger partial charge in [-0.2, -0.15) is 0 Å². The Morgan fingerprint density at radius 1 is 1.04 bits per heavy atom. The van der Waals surface area contributed by atoms with E-state index >= 15 is 0 Å². The predicted octanol–water partition coefficient (Wildman–Crippen LogP) is 3.52. The lowest BCUT2D eigenvalue weighted by molar-refractivity contribution is -0.113. The van der Waals surface area contributed by atoms with Gasteiger partial charge in [-0.05, 0) is 56.0 Å². The van der Waals surface area contributed by atoms with Gasteiger partial charge in [-0.1, -0.05) is 30.3 Å². The SMILES string of the molecule is Cc1ccc(C)c(-n2ccnc2S(=O)(=O)CC(=O)Nc2c(C)cccc2C)c1. The molecule has 0 atom stereocenters. The Balaban J connectivity index is 1.90. The highest BCUT2D eigenvalue weighted by molar-refractivity contribution is 7.92. The molecule has 0 fully saturated rings. The van der Waals surface area contributed by atoms with Gasteiger partial charge in [0.05, 0.1) is 5.69 Å². The maximum Gasteiger partial charge on any atom is 0.240 e. The monoisotopic (exact) mass is 397 g/mol. The summed E-state index contributed by atoms with van der Waals surface area (Å²) in [6.45, 7) is 7.57. The molecular weight excluding hydrogens is 374 g/mol. The number of aromatic nitrogens is 2. The first-order valence-corrected chi connectivity index (χ1v) is 10.5. The molecule has 0 bridgehead atoms. The molecule has 3 aromatic rings. The topological polar surface area (TPSA) is 81.1 Å². The molecule has 1 amide bonds. The molecule has 0 spiro atoms. The van der Waals surface area contributed by atoms with E-state index in [0.29, 0.717) is 5.69 Å². The minimum Gasteiger partial charge on any atom is -0.325 e. The fourth-order valence-corrected chi connectivity index (χ4v) is 4.33. The second-order valence-electron chi connectivity index (χ2n) is 6.94. The molecule has 0 unspecified atom stereocenters. The van der Waals surface area contributed by atoms with Gasteiger partial charge >= 0.3 is 0 Å². The molecule has 1 heterocycles. The normalized spacial score (nSPS) is 11.4. The van der Waals surface area contributed by atoms with Crippen LogP contribution in [-0.4, -0.2) is 29.6 Å². The highest BCUT2D eigenvalue weighted by atomic mass is 32.2. The van der Waals surface area contributed by atoms with Crippen molar-refractivity contribution in [2.24, 2.45) is 0 Å². The number of nitrogens with one attached hydrogen (secondary N) is 1. The first-order valence-electron chi connectivity index (χ1n) is 8.89. The summed E-state index contributed by atoms with van der Waals surface area (Å²) in [7, 11) is -3.93. The van der Waals surface area contributed by atoms with Gasteiger partial charge in [0.25, 0.3) is 0 Å². The molecule has 146 valence electrons. The van der Waals surface area contributed by atoms with Gasteiger partial charge in [-0.25, -0.2) is 13.4 Å². The third-order valence-corrected chi connectivity index (χ3v) is 6.08. The molecule has 2 aromatic carbocycles. The van der Waals surface area contributed by atoms with Crippen molar-refractivity contribution < 1.29 is 13.2 Å². The van der Waals surface area contributed by atoms with Crippen molar-refractivity contribution in [1.82, 2.24) is 9.55 Å². The molecule has 0 saturated heterocycles. The molecule has 0 radical (unpaired) electrons. The van der Waals surface area contributed by atoms with Crippen LogP contribution in [0.3, 0.4) is 0 Å². The van der Waals surface area contributed by atoms with Gasteiger partial charge in [0.1, 0.15) is 5.75 Å². The van der Waals surface area contributed by atoms with Crippen molar-refractivity contribution >= 4 is 21.4 Å². The number of carbonyl (C=O) groups excluding carboxylic acids is 1. The molecule has 28 heavy (non-hydrogen) atoms. The number of para-hydroxylation sites is 1. The Hall–Kier alpha value is -2.93. The van der Waals surface area contributed by atoms with E-state index < -0.39 is 21.5 Å². The van der Waals surface area contributed by atoms with Crippen molar-refractivity contribution in [2.75, 3.05) is 11.1 Å². The second kappa shape index (κ2) is 7.59. The third kappa shape index (κ3) is 3.99. The Labute approximate surface area is 165 Å². The molecule has 6 nitrogen and oxygen atoms in total. The number of imidazole rings is 1. The highest BCUT2D eigenvalue weighted by Gasteiger charge is 2.26. The van der Waals surface area contributed by atoms with Crippen LogP contribution in [0, 0.1) is 27.7 Å². The summed E-state index contributed by atoms with van der Waals surface area (Å²) in [6, 6.07) is 11.4. The van der Waals surface area contributed by atoms with Crippen LogP contribution in [-0.2, 0) is 14.6 Å². The first kappa shape index (κ1) is 19.8. The fraction of sp³-hybridized carbons (Fsp3) is 0.238. The van der Waals surface area contributed by atoms with Crippen LogP contribution in [0.2, 0.25) is 0 Å². The van der Waals surface area contributed by atoms with Crippen LogP contribution in [0.1, 0.15) is 22.3 Å². The van der Waals surface area contributed by atoms with E-state index in [4.69, 9.17) is 0 Å². The maximum atomic E-state index is 12.9. The first-order chi connectivity index (χ1) is 13.2. The molecule has 1 aromatic heterocycles. The number of rotatable bonds is 5. The number of hydrogen-bond donors (Lipinski definition) is 1. The number of hydrogen-bond acceptors (Lipinski definition) is 4. The zero-order chi connectivity index (χ0) is 20.5. The summed E-state index contributed by atoms with van der Waals surface area (Å²) in [5.74, 6) is -1.27. The number of aryl methyl sites for hydroxylation is 4. The van der Waals surface area contributed by atoms with Crippen LogP contribution in [0.15, 0.2) is 53.9 Å². The zero-order valence-corrected chi connectivity index (χ0v) is 17.2. The van der Waals surface area contributed by atoms with Crippen LogP contribution in [0.4, 0.5) is 5.69 Å². The summed E-state index contributed by atoms with van der Waals surface area (Å²) < 4.78 is 27.3. The number of carbonyl (C=O) groups is 1. The van der Waals surface area contributed by atoms with E-state index in [1.807, 2.05) is 64.1 Å². The van der Waals surface area contributed by atoms with Gasteiger partial charge in [-0.3, -0.25) is 9.36 Å². The Bertz CT molecular complexity index is 1130. The van der Waals surface area contributed by atoms with Crippen LogP contribution >= 0.6 is 0 Å².